The molecule has 2 unspecified atom stereocenters. The average Bonchev–Trinajstić information content (AvgIpc) is 2.43. The van der Waals surface area contributed by atoms with E-state index in [0.717, 1.165) is 19.3 Å². The van der Waals surface area contributed by atoms with Crippen LogP contribution in [0, 0.1) is 5.92 Å². The first-order chi connectivity index (χ1) is 9.45. The third kappa shape index (κ3) is 3.43. The second-order valence-electron chi connectivity index (χ2n) is 5.54. The summed E-state index contributed by atoms with van der Waals surface area (Å²) in [5.74, 6) is 0.522. The molecule has 2 atom stereocenters. The minimum atomic E-state index is -3.35. The van der Waals surface area contributed by atoms with Gasteiger partial charge in [0.25, 0.3) is 0 Å². The maximum Gasteiger partial charge on any atom is 0.243 e. The Balaban J connectivity index is 2.17. The second kappa shape index (κ2) is 6.58. The molecule has 1 aliphatic heterocycles. The van der Waals surface area contributed by atoms with E-state index in [2.05, 4.69) is 29.8 Å². The van der Waals surface area contributed by atoms with E-state index >= 15 is 0 Å². The highest BCUT2D eigenvalue weighted by molar-refractivity contribution is 9.09. The first-order valence-corrected chi connectivity index (χ1v) is 9.54. The molecule has 1 aliphatic rings. The lowest BCUT2D eigenvalue weighted by atomic mass is 10.0. The van der Waals surface area contributed by atoms with Crippen molar-refractivity contribution in [2.75, 3.05) is 13.1 Å². The number of sulfonamides is 1. The van der Waals surface area contributed by atoms with Gasteiger partial charge >= 0.3 is 0 Å². The number of halogens is 1. The normalized spacial score (nSPS) is 24.8. The predicted octanol–water partition coefficient (Wildman–Crippen LogP) is 3.43. The number of hydrogen-bond acceptors (Lipinski definition) is 2. The van der Waals surface area contributed by atoms with Crippen molar-refractivity contribution in [3.8, 4) is 0 Å². The van der Waals surface area contributed by atoms with Gasteiger partial charge in [-0.2, -0.15) is 4.31 Å². The van der Waals surface area contributed by atoms with Crippen molar-refractivity contribution in [1.29, 1.82) is 0 Å². The van der Waals surface area contributed by atoms with Gasteiger partial charge in [-0.15, -0.1) is 0 Å². The number of piperidine rings is 1. The minimum absolute atomic E-state index is 0.241. The number of alkyl halides is 1. The van der Waals surface area contributed by atoms with Gasteiger partial charge in [-0.3, -0.25) is 0 Å². The summed E-state index contributed by atoms with van der Waals surface area (Å²) in [5.41, 5.74) is 1.19. The quantitative estimate of drug-likeness (QED) is 0.772. The fraction of sp³-hybridized carbons (Fsp3) is 0.600. The Morgan fingerprint density at radius 1 is 1.30 bits per heavy atom. The highest BCUT2D eigenvalue weighted by Crippen LogP contribution is 2.27. The molecule has 112 valence electrons. The van der Waals surface area contributed by atoms with Gasteiger partial charge in [0.05, 0.1) is 4.90 Å². The molecule has 1 aromatic carbocycles. The highest BCUT2D eigenvalue weighted by Gasteiger charge is 2.32. The molecule has 0 spiro atoms. The molecule has 3 nitrogen and oxygen atoms in total. The van der Waals surface area contributed by atoms with Crippen molar-refractivity contribution >= 4 is 26.0 Å². The van der Waals surface area contributed by atoms with Gasteiger partial charge in [-0.1, -0.05) is 48.3 Å². The molecule has 1 heterocycles. The third-order valence-corrected chi connectivity index (χ3v) is 7.00. The van der Waals surface area contributed by atoms with E-state index in [0.29, 0.717) is 23.9 Å². The molecular weight excluding hydrogens is 338 g/mol. The molecule has 0 aromatic heterocycles. The zero-order chi connectivity index (χ0) is 14.8. The Kier molecular flexibility index (Phi) is 5.26. The smallest absolute Gasteiger partial charge is 0.207 e. The van der Waals surface area contributed by atoms with E-state index in [1.807, 2.05) is 12.1 Å². The first kappa shape index (κ1) is 16.0. The number of aryl methyl sites for hydroxylation is 1. The fourth-order valence-electron chi connectivity index (χ4n) is 2.48. The van der Waals surface area contributed by atoms with Gasteiger partial charge in [-0.25, -0.2) is 8.42 Å². The van der Waals surface area contributed by atoms with Crippen LogP contribution in [-0.2, 0) is 16.4 Å². The lowest BCUT2D eigenvalue weighted by Gasteiger charge is -2.33. The lowest BCUT2D eigenvalue weighted by molar-refractivity contribution is 0.300. The molecule has 0 radical (unpaired) electrons. The van der Waals surface area contributed by atoms with Gasteiger partial charge in [0.1, 0.15) is 0 Å². The SMILES string of the molecule is CCCc1ccc(S(=O)(=O)N2CCC(C)C(Br)C2)cc1. The number of hydrogen-bond donors (Lipinski definition) is 0. The van der Waals surface area contributed by atoms with Crippen LogP contribution in [0.4, 0.5) is 0 Å². The lowest BCUT2D eigenvalue weighted by Crippen LogP contribution is -2.43. The molecule has 1 saturated heterocycles. The fourth-order valence-corrected chi connectivity index (χ4v) is 4.76. The summed E-state index contributed by atoms with van der Waals surface area (Å²) < 4.78 is 26.8. The van der Waals surface area contributed by atoms with Crippen LogP contribution in [0.15, 0.2) is 29.2 Å². The van der Waals surface area contributed by atoms with Crippen molar-refractivity contribution in [3.05, 3.63) is 29.8 Å². The van der Waals surface area contributed by atoms with E-state index in [-0.39, 0.29) is 4.83 Å². The molecular formula is C15H22BrNO2S. The Bertz CT molecular complexity index is 541. The molecule has 0 bridgehead atoms. The summed E-state index contributed by atoms with van der Waals surface area (Å²) in [6.45, 7) is 5.45. The van der Waals surface area contributed by atoms with Crippen molar-refractivity contribution in [1.82, 2.24) is 4.31 Å². The maximum atomic E-state index is 12.6. The molecule has 0 aliphatic carbocycles. The van der Waals surface area contributed by atoms with Crippen LogP contribution < -0.4 is 0 Å². The van der Waals surface area contributed by atoms with Crippen LogP contribution in [0.5, 0.6) is 0 Å². The van der Waals surface area contributed by atoms with Crippen LogP contribution in [0.3, 0.4) is 0 Å². The Hall–Kier alpha value is -0.390. The summed E-state index contributed by atoms with van der Waals surface area (Å²) in [6.07, 6.45) is 2.97. The van der Waals surface area contributed by atoms with Gasteiger partial charge in [0.15, 0.2) is 0 Å². The second-order valence-corrected chi connectivity index (χ2v) is 8.65. The highest BCUT2D eigenvalue weighted by atomic mass is 79.9. The van der Waals surface area contributed by atoms with Gasteiger partial charge in [0.2, 0.25) is 10.0 Å². The summed E-state index contributed by atoms with van der Waals surface area (Å²) in [6, 6.07) is 7.33. The molecule has 0 amide bonds. The summed E-state index contributed by atoms with van der Waals surface area (Å²) in [5, 5.41) is 0. The van der Waals surface area contributed by atoms with Crippen molar-refractivity contribution in [2.24, 2.45) is 5.92 Å². The average molecular weight is 360 g/mol. The number of nitrogens with zero attached hydrogens (tertiary/aromatic N) is 1. The summed E-state index contributed by atoms with van der Waals surface area (Å²) >= 11 is 3.59. The van der Waals surface area contributed by atoms with Crippen LogP contribution in [0.1, 0.15) is 32.3 Å². The first-order valence-electron chi connectivity index (χ1n) is 7.18. The van der Waals surface area contributed by atoms with Crippen LogP contribution in [-0.4, -0.2) is 30.6 Å². The van der Waals surface area contributed by atoms with Crippen molar-refractivity contribution in [2.45, 2.75) is 42.8 Å². The zero-order valence-electron chi connectivity index (χ0n) is 12.0. The van der Waals surface area contributed by atoms with E-state index in [1.165, 1.54) is 5.56 Å². The van der Waals surface area contributed by atoms with E-state index in [9.17, 15) is 8.42 Å². The zero-order valence-corrected chi connectivity index (χ0v) is 14.5. The Morgan fingerprint density at radius 3 is 2.50 bits per heavy atom. The largest absolute Gasteiger partial charge is 0.243 e. The topological polar surface area (TPSA) is 37.4 Å². The summed E-state index contributed by atoms with van der Waals surface area (Å²) in [7, 11) is -3.35. The molecule has 0 N–H and O–H groups in total. The molecule has 2 rings (SSSR count). The predicted molar refractivity (Wildman–Crippen MR) is 85.7 cm³/mol. The van der Waals surface area contributed by atoms with E-state index in [4.69, 9.17) is 0 Å². The minimum Gasteiger partial charge on any atom is -0.207 e. The molecule has 5 heteroatoms. The van der Waals surface area contributed by atoms with E-state index in [1.54, 1.807) is 16.4 Å². The monoisotopic (exact) mass is 359 g/mol. The van der Waals surface area contributed by atoms with Gasteiger partial charge in [0, 0.05) is 17.9 Å². The molecule has 1 aromatic rings. The maximum absolute atomic E-state index is 12.6. The number of rotatable bonds is 4. The molecule has 1 fully saturated rings. The Labute approximate surface area is 130 Å². The third-order valence-electron chi connectivity index (χ3n) is 3.93. The van der Waals surface area contributed by atoms with Crippen molar-refractivity contribution < 1.29 is 8.42 Å². The number of benzene rings is 1. The molecule has 20 heavy (non-hydrogen) atoms. The van der Waals surface area contributed by atoms with Crippen LogP contribution >= 0.6 is 15.9 Å². The van der Waals surface area contributed by atoms with Crippen LogP contribution in [0.2, 0.25) is 0 Å². The van der Waals surface area contributed by atoms with Gasteiger partial charge in [-0.05, 0) is 36.5 Å². The van der Waals surface area contributed by atoms with Gasteiger partial charge < -0.3 is 0 Å². The van der Waals surface area contributed by atoms with Crippen molar-refractivity contribution in [3.63, 3.8) is 0 Å². The van der Waals surface area contributed by atoms with Crippen LogP contribution in [0.25, 0.3) is 0 Å². The summed E-state index contributed by atoms with van der Waals surface area (Å²) in [4.78, 5) is 0.650. The Morgan fingerprint density at radius 2 is 1.95 bits per heavy atom. The standard InChI is InChI=1S/C15H22BrNO2S/c1-3-4-13-5-7-14(8-6-13)20(18,19)17-10-9-12(2)15(16)11-17/h5-8,12,15H,3-4,9-11H2,1-2H3. The van der Waals surface area contributed by atoms with E-state index < -0.39 is 10.0 Å². The molecule has 0 saturated carbocycles.